The molecule has 0 unspecified atom stereocenters. The first-order valence-corrected chi connectivity index (χ1v) is 9.13. The van der Waals surface area contributed by atoms with Crippen LogP contribution in [0.1, 0.15) is 21.6 Å². The number of ether oxygens (including phenoxy) is 2. The van der Waals surface area contributed by atoms with E-state index >= 15 is 0 Å². The summed E-state index contributed by atoms with van der Waals surface area (Å²) in [6.45, 7) is 2.54. The average Bonchev–Trinajstić information content (AvgIpc) is 3.18. The molecule has 2 heterocycles. The van der Waals surface area contributed by atoms with Crippen molar-refractivity contribution in [2.75, 3.05) is 12.1 Å². The first-order chi connectivity index (χ1) is 13.6. The number of aromatic nitrogens is 1. The molecule has 4 rings (SSSR count). The second-order valence-electron chi connectivity index (χ2n) is 6.34. The maximum atomic E-state index is 12.4. The van der Waals surface area contributed by atoms with Crippen molar-refractivity contribution in [1.29, 1.82) is 0 Å². The largest absolute Gasteiger partial charge is 0.454 e. The van der Waals surface area contributed by atoms with Gasteiger partial charge in [0.25, 0.3) is 5.91 Å². The molecule has 0 radical (unpaired) electrons. The van der Waals surface area contributed by atoms with Crippen molar-refractivity contribution >= 4 is 28.9 Å². The number of hydrogen-bond acceptors (Lipinski definition) is 5. The van der Waals surface area contributed by atoms with Crippen molar-refractivity contribution in [2.45, 2.75) is 13.5 Å². The third-order valence-corrected chi connectivity index (χ3v) is 4.84. The molecule has 1 aliphatic heterocycles. The van der Waals surface area contributed by atoms with Crippen LogP contribution in [0.4, 0.5) is 11.4 Å². The Morgan fingerprint density at radius 1 is 1.14 bits per heavy atom. The van der Waals surface area contributed by atoms with Crippen LogP contribution in [0.25, 0.3) is 0 Å². The molecule has 0 atom stereocenters. The molecule has 28 heavy (non-hydrogen) atoms. The lowest BCUT2D eigenvalue weighted by Crippen LogP contribution is -2.23. The van der Waals surface area contributed by atoms with E-state index < -0.39 is 0 Å². The van der Waals surface area contributed by atoms with E-state index in [2.05, 4.69) is 15.6 Å². The highest BCUT2D eigenvalue weighted by Gasteiger charge is 2.14. The van der Waals surface area contributed by atoms with Crippen LogP contribution >= 0.6 is 11.6 Å². The molecule has 2 aromatic carbocycles. The number of benzene rings is 2. The smallest absolute Gasteiger partial charge is 0.270 e. The summed E-state index contributed by atoms with van der Waals surface area (Å²) in [5, 5.41) is 6.81. The fraction of sp³-hybridized carbons (Fsp3) is 0.143. The zero-order valence-electron chi connectivity index (χ0n) is 15.2. The van der Waals surface area contributed by atoms with Gasteiger partial charge in [-0.2, -0.15) is 0 Å². The lowest BCUT2D eigenvalue weighted by molar-refractivity contribution is 0.0946. The molecule has 1 aromatic heterocycles. The number of rotatable bonds is 5. The second kappa shape index (κ2) is 7.78. The topological polar surface area (TPSA) is 72.5 Å². The van der Waals surface area contributed by atoms with Crippen LogP contribution in [0, 0.1) is 6.92 Å². The molecule has 1 amide bonds. The Morgan fingerprint density at radius 3 is 2.82 bits per heavy atom. The van der Waals surface area contributed by atoms with Crippen molar-refractivity contribution < 1.29 is 14.3 Å². The molecule has 6 nitrogen and oxygen atoms in total. The van der Waals surface area contributed by atoms with Crippen molar-refractivity contribution in [3.63, 3.8) is 0 Å². The Labute approximate surface area is 167 Å². The van der Waals surface area contributed by atoms with E-state index in [0.29, 0.717) is 23.0 Å². The average molecular weight is 396 g/mol. The van der Waals surface area contributed by atoms with Crippen LogP contribution in [-0.4, -0.2) is 17.7 Å². The Hall–Kier alpha value is -3.25. The Kier molecular flexibility index (Phi) is 5.04. The molecule has 0 saturated heterocycles. The molecular weight excluding hydrogens is 378 g/mol. The Balaban J connectivity index is 1.38. The first-order valence-electron chi connectivity index (χ1n) is 8.75. The highest BCUT2D eigenvalue weighted by molar-refractivity contribution is 6.31. The third kappa shape index (κ3) is 3.87. The van der Waals surface area contributed by atoms with Gasteiger partial charge in [0.2, 0.25) is 6.79 Å². The van der Waals surface area contributed by atoms with Gasteiger partial charge in [0.05, 0.1) is 11.9 Å². The molecule has 0 spiro atoms. The van der Waals surface area contributed by atoms with Gasteiger partial charge >= 0.3 is 0 Å². The first kappa shape index (κ1) is 18.1. The second-order valence-corrected chi connectivity index (χ2v) is 6.75. The van der Waals surface area contributed by atoms with E-state index in [1.165, 1.54) is 0 Å². The number of hydrogen-bond donors (Lipinski definition) is 2. The standard InChI is InChI=1S/C21H18ClN3O3/c1-13-16(22)3-2-4-17(13)25-15-6-7-18(23-11-15)21(26)24-10-14-5-8-19-20(9-14)28-12-27-19/h2-9,11,25H,10,12H2,1H3,(H,24,26). The van der Waals surface area contributed by atoms with Gasteiger partial charge in [-0.05, 0) is 54.4 Å². The number of fused-ring (bicyclic) bond motifs is 1. The van der Waals surface area contributed by atoms with E-state index in [-0.39, 0.29) is 12.7 Å². The Morgan fingerprint density at radius 2 is 2.00 bits per heavy atom. The van der Waals surface area contributed by atoms with Gasteiger partial charge in [-0.3, -0.25) is 4.79 Å². The molecular formula is C21H18ClN3O3. The van der Waals surface area contributed by atoms with Crippen molar-refractivity contribution in [2.24, 2.45) is 0 Å². The lowest BCUT2D eigenvalue weighted by atomic mass is 10.2. The summed E-state index contributed by atoms with van der Waals surface area (Å²) in [6.07, 6.45) is 1.62. The fourth-order valence-electron chi connectivity index (χ4n) is 2.82. The summed E-state index contributed by atoms with van der Waals surface area (Å²) in [5.41, 5.74) is 3.89. The lowest BCUT2D eigenvalue weighted by Gasteiger charge is -2.11. The number of carbonyl (C=O) groups excluding carboxylic acids is 1. The van der Waals surface area contributed by atoms with E-state index in [0.717, 1.165) is 28.3 Å². The van der Waals surface area contributed by atoms with Crippen molar-refractivity contribution in [3.8, 4) is 11.5 Å². The summed E-state index contributed by atoms with van der Waals surface area (Å²) in [5.74, 6) is 1.16. The van der Waals surface area contributed by atoms with Crippen LogP contribution in [0.15, 0.2) is 54.7 Å². The number of amides is 1. The quantitative estimate of drug-likeness (QED) is 0.668. The zero-order valence-corrected chi connectivity index (χ0v) is 15.9. The van der Waals surface area contributed by atoms with Gasteiger partial charge in [0.15, 0.2) is 11.5 Å². The number of halogens is 1. The van der Waals surface area contributed by atoms with Crippen LogP contribution in [-0.2, 0) is 6.54 Å². The van der Waals surface area contributed by atoms with Gasteiger partial charge < -0.3 is 20.1 Å². The molecule has 0 bridgehead atoms. The summed E-state index contributed by atoms with van der Waals surface area (Å²) in [6, 6.07) is 14.7. The van der Waals surface area contributed by atoms with Crippen LogP contribution in [0.2, 0.25) is 5.02 Å². The third-order valence-electron chi connectivity index (χ3n) is 4.43. The Bertz CT molecular complexity index is 1020. The monoisotopic (exact) mass is 395 g/mol. The van der Waals surface area contributed by atoms with Gasteiger partial charge in [-0.25, -0.2) is 4.98 Å². The number of nitrogens with zero attached hydrogens (tertiary/aromatic N) is 1. The predicted molar refractivity (Wildman–Crippen MR) is 107 cm³/mol. The highest BCUT2D eigenvalue weighted by Crippen LogP contribution is 2.32. The van der Waals surface area contributed by atoms with Crippen LogP contribution in [0.5, 0.6) is 11.5 Å². The minimum absolute atomic E-state index is 0.226. The van der Waals surface area contributed by atoms with Crippen LogP contribution < -0.4 is 20.1 Å². The zero-order chi connectivity index (χ0) is 19.5. The van der Waals surface area contributed by atoms with Gasteiger partial charge in [-0.15, -0.1) is 0 Å². The minimum Gasteiger partial charge on any atom is -0.454 e. The molecule has 0 saturated carbocycles. The van der Waals surface area contributed by atoms with E-state index in [9.17, 15) is 4.79 Å². The van der Waals surface area contributed by atoms with E-state index in [4.69, 9.17) is 21.1 Å². The summed E-state index contributed by atoms with van der Waals surface area (Å²) >= 11 is 6.14. The van der Waals surface area contributed by atoms with Crippen molar-refractivity contribution in [3.05, 3.63) is 76.6 Å². The number of anilines is 2. The predicted octanol–water partition coefficient (Wildman–Crippen LogP) is 4.45. The van der Waals surface area contributed by atoms with E-state index in [1.807, 2.05) is 49.4 Å². The fourth-order valence-corrected chi connectivity index (χ4v) is 3.00. The number of carbonyl (C=O) groups is 1. The molecule has 1 aliphatic rings. The molecule has 2 N–H and O–H groups in total. The molecule has 142 valence electrons. The maximum Gasteiger partial charge on any atom is 0.270 e. The van der Waals surface area contributed by atoms with Crippen molar-refractivity contribution in [1.82, 2.24) is 10.3 Å². The normalized spacial score (nSPS) is 11.9. The molecule has 0 aliphatic carbocycles. The van der Waals surface area contributed by atoms with Gasteiger partial charge in [0, 0.05) is 17.3 Å². The highest BCUT2D eigenvalue weighted by atomic mass is 35.5. The van der Waals surface area contributed by atoms with E-state index in [1.54, 1.807) is 12.3 Å². The molecule has 3 aromatic rings. The van der Waals surface area contributed by atoms with Gasteiger partial charge in [0.1, 0.15) is 5.69 Å². The number of pyridine rings is 1. The summed E-state index contributed by atoms with van der Waals surface area (Å²) in [4.78, 5) is 16.6. The minimum atomic E-state index is -0.247. The molecule has 0 fully saturated rings. The summed E-state index contributed by atoms with van der Waals surface area (Å²) in [7, 11) is 0. The summed E-state index contributed by atoms with van der Waals surface area (Å²) < 4.78 is 10.6. The maximum absolute atomic E-state index is 12.4. The van der Waals surface area contributed by atoms with Gasteiger partial charge in [-0.1, -0.05) is 23.7 Å². The van der Waals surface area contributed by atoms with Crippen LogP contribution in [0.3, 0.4) is 0 Å². The SMILES string of the molecule is Cc1c(Cl)cccc1Nc1ccc(C(=O)NCc2ccc3c(c2)OCO3)nc1. The molecule has 7 heteroatoms. The number of nitrogens with one attached hydrogen (secondary N) is 2.